The van der Waals surface area contributed by atoms with Gasteiger partial charge in [0.2, 0.25) is 10.0 Å². The molecule has 4 nitrogen and oxygen atoms in total. The lowest BCUT2D eigenvalue weighted by molar-refractivity contribution is -0.137. The zero-order chi connectivity index (χ0) is 16.4. The van der Waals surface area contributed by atoms with Crippen LogP contribution in [0.1, 0.15) is 11.1 Å². The Hall–Kier alpha value is -1.93. The number of benzene rings is 1. The summed E-state index contributed by atoms with van der Waals surface area (Å²) < 4.78 is 63.2. The minimum Gasteiger partial charge on any atom is -0.265 e. The van der Waals surface area contributed by atoms with E-state index in [1.54, 1.807) is 12.1 Å². The SMILES string of the molecule is CN(Cc1ccncc1)S(=O)(=O)c1ccc(C(F)(F)F)cc1. The fourth-order valence-corrected chi connectivity index (χ4v) is 2.99. The van der Waals surface area contributed by atoms with E-state index in [0.717, 1.165) is 34.1 Å². The average Bonchev–Trinajstić information content (AvgIpc) is 2.47. The van der Waals surface area contributed by atoms with Crippen LogP contribution in [0.3, 0.4) is 0 Å². The third-order valence-electron chi connectivity index (χ3n) is 3.04. The quantitative estimate of drug-likeness (QED) is 0.866. The molecule has 0 spiro atoms. The lowest BCUT2D eigenvalue weighted by atomic mass is 10.2. The number of rotatable bonds is 4. The monoisotopic (exact) mass is 330 g/mol. The molecule has 0 aliphatic rings. The molecule has 1 aromatic heterocycles. The van der Waals surface area contributed by atoms with Crippen LogP contribution in [-0.2, 0) is 22.7 Å². The van der Waals surface area contributed by atoms with E-state index in [2.05, 4.69) is 4.98 Å². The Kier molecular flexibility index (Phi) is 4.52. The van der Waals surface area contributed by atoms with Gasteiger partial charge in [-0.05, 0) is 42.0 Å². The van der Waals surface area contributed by atoms with E-state index in [9.17, 15) is 21.6 Å². The van der Waals surface area contributed by atoms with E-state index < -0.39 is 21.8 Å². The number of nitrogens with zero attached hydrogens (tertiary/aromatic N) is 2. The highest BCUT2D eigenvalue weighted by Gasteiger charge is 2.31. The van der Waals surface area contributed by atoms with Crippen LogP contribution in [0.25, 0.3) is 0 Å². The van der Waals surface area contributed by atoms with Crippen molar-refractivity contribution in [2.45, 2.75) is 17.6 Å². The summed E-state index contributed by atoms with van der Waals surface area (Å²) in [7, 11) is -2.49. The van der Waals surface area contributed by atoms with Gasteiger partial charge in [0, 0.05) is 26.0 Å². The number of aromatic nitrogens is 1. The van der Waals surface area contributed by atoms with Crippen molar-refractivity contribution in [2.24, 2.45) is 0 Å². The lowest BCUT2D eigenvalue weighted by Gasteiger charge is -2.17. The van der Waals surface area contributed by atoms with Gasteiger partial charge < -0.3 is 0 Å². The van der Waals surface area contributed by atoms with Crippen LogP contribution in [0.15, 0.2) is 53.7 Å². The first-order valence-electron chi connectivity index (χ1n) is 6.24. The second-order valence-corrected chi connectivity index (χ2v) is 6.68. The molecular weight excluding hydrogens is 317 g/mol. The molecule has 0 saturated carbocycles. The standard InChI is InChI=1S/C14H13F3N2O2S/c1-19(10-11-6-8-18-9-7-11)22(20,21)13-4-2-12(3-5-13)14(15,16)17/h2-9H,10H2,1H3. The maximum absolute atomic E-state index is 12.5. The van der Waals surface area contributed by atoms with Gasteiger partial charge in [0.1, 0.15) is 0 Å². The molecule has 0 unspecified atom stereocenters. The van der Waals surface area contributed by atoms with Gasteiger partial charge in [0.05, 0.1) is 10.5 Å². The smallest absolute Gasteiger partial charge is 0.265 e. The zero-order valence-electron chi connectivity index (χ0n) is 11.6. The van der Waals surface area contributed by atoms with Crippen LogP contribution in [0.2, 0.25) is 0 Å². The molecule has 0 aliphatic heterocycles. The molecule has 0 saturated heterocycles. The maximum atomic E-state index is 12.5. The first-order chi connectivity index (χ1) is 10.2. The molecule has 1 heterocycles. The number of alkyl halides is 3. The largest absolute Gasteiger partial charge is 0.416 e. The van der Waals surface area contributed by atoms with Crippen molar-refractivity contribution in [3.05, 3.63) is 59.9 Å². The minimum absolute atomic E-state index is 0.103. The Balaban J connectivity index is 2.22. The highest BCUT2D eigenvalue weighted by atomic mass is 32.2. The van der Waals surface area contributed by atoms with Gasteiger partial charge in [0.15, 0.2) is 0 Å². The molecule has 0 amide bonds. The summed E-state index contributed by atoms with van der Waals surface area (Å²) in [5, 5.41) is 0. The Labute approximate surface area is 126 Å². The number of sulfonamides is 1. The molecule has 0 fully saturated rings. The van der Waals surface area contributed by atoms with Crippen molar-refractivity contribution >= 4 is 10.0 Å². The Morgan fingerprint density at radius 2 is 1.59 bits per heavy atom. The molecule has 1 aromatic carbocycles. The van der Waals surface area contributed by atoms with Crippen molar-refractivity contribution in [2.75, 3.05) is 7.05 Å². The van der Waals surface area contributed by atoms with E-state index in [1.807, 2.05) is 0 Å². The van der Waals surface area contributed by atoms with Gasteiger partial charge in [-0.1, -0.05) is 0 Å². The normalized spacial score (nSPS) is 12.6. The molecule has 2 aromatic rings. The number of halogens is 3. The summed E-state index contributed by atoms with van der Waals surface area (Å²) in [5.41, 5.74) is -0.156. The summed E-state index contributed by atoms with van der Waals surface area (Å²) in [4.78, 5) is 3.65. The molecule has 0 atom stereocenters. The van der Waals surface area contributed by atoms with E-state index in [0.29, 0.717) is 0 Å². The summed E-state index contributed by atoms with van der Waals surface area (Å²) in [6, 6.07) is 6.76. The molecule has 0 radical (unpaired) electrons. The highest BCUT2D eigenvalue weighted by Crippen LogP contribution is 2.30. The molecule has 0 bridgehead atoms. The molecular formula is C14H13F3N2O2S. The fraction of sp³-hybridized carbons (Fsp3) is 0.214. The van der Waals surface area contributed by atoms with Gasteiger partial charge >= 0.3 is 6.18 Å². The second-order valence-electron chi connectivity index (χ2n) is 4.64. The number of pyridine rings is 1. The van der Waals surface area contributed by atoms with Crippen molar-refractivity contribution in [3.8, 4) is 0 Å². The van der Waals surface area contributed by atoms with Crippen LogP contribution in [-0.4, -0.2) is 24.8 Å². The van der Waals surface area contributed by atoms with Crippen LogP contribution < -0.4 is 0 Å². The van der Waals surface area contributed by atoms with Crippen molar-refractivity contribution in [1.82, 2.24) is 9.29 Å². The molecule has 22 heavy (non-hydrogen) atoms. The number of hydrogen-bond acceptors (Lipinski definition) is 3. The van der Waals surface area contributed by atoms with Gasteiger partial charge in [-0.2, -0.15) is 17.5 Å². The summed E-state index contributed by atoms with van der Waals surface area (Å²) in [6.07, 6.45) is -1.42. The minimum atomic E-state index is -4.49. The second kappa shape index (κ2) is 6.05. The Bertz CT molecular complexity index is 729. The highest BCUT2D eigenvalue weighted by molar-refractivity contribution is 7.89. The van der Waals surface area contributed by atoms with Crippen molar-refractivity contribution < 1.29 is 21.6 Å². The van der Waals surface area contributed by atoms with E-state index in [1.165, 1.54) is 19.4 Å². The van der Waals surface area contributed by atoms with Crippen molar-refractivity contribution in [3.63, 3.8) is 0 Å². The average molecular weight is 330 g/mol. The third kappa shape index (κ3) is 3.63. The molecule has 118 valence electrons. The van der Waals surface area contributed by atoms with E-state index >= 15 is 0 Å². The third-order valence-corrected chi connectivity index (χ3v) is 4.86. The van der Waals surface area contributed by atoms with Crippen molar-refractivity contribution in [1.29, 1.82) is 0 Å². The zero-order valence-corrected chi connectivity index (χ0v) is 12.4. The predicted molar refractivity (Wildman–Crippen MR) is 74.3 cm³/mol. The van der Waals surface area contributed by atoms with Crippen LogP contribution >= 0.6 is 0 Å². The molecule has 0 N–H and O–H groups in total. The fourth-order valence-electron chi connectivity index (χ4n) is 1.83. The van der Waals surface area contributed by atoms with Crippen LogP contribution in [0.4, 0.5) is 13.2 Å². The van der Waals surface area contributed by atoms with Gasteiger partial charge in [-0.15, -0.1) is 0 Å². The van der Waals surface area contributed by atoms with Crippen LogP contribution in [0, 0.1) is 0 Å². The van der Waals surface area contributed by atoms with Gasteiger partial charge in [-0.3, -0.25) is 4.98 Å². The molecule has 2 rings (SSSR count). The topological polar surface area (TPSA) is 50.3 Å². The summed E-state index contributed by atoms with van der Waals surface area (Å²) in [6.45, 7) is 0.103. The Morgan fingerprint density at radius 3 is 2.09 bits per heavy atom. The maximum Gasteiger partial charge on any atom is 0.416 e. The lowest BCUT2D eigenvalue weighted by Crippen LogP contribution is -2.26. The van der Waals surface area contributed by atoms with E-state index in [-0.39, 0.29) is 11.4 Å². The van der Waals surface area contributed by atoms with Gasteiger partial charge in [0.25, 0.3) is 0 Å². The Morgan fingerprint density at radius 1 is 1.05 bits per heavy atom. The van der Waals surface area contributed by atoms with Gasteiger partial charge in [-0.25, -0.2) is 8.42 Å². The summed E-state index contributed by atoms with van der Waals surface area (Å²) in [5.74, 6) is 0. The predicted octanol–water partition coefficient (Wildman–Crippen LogP) is 2.92. The summed E-state index contributed by atoms with van der Waals surface area (Å²) >= 11 is 0. The first kappa shape index (κ1) is 16.4. The molecule has 8 heteroatoms. The first-order valence-corrected chi connectivity index (χ1v) is 7.68. The molecule has 0 aliphatic carbocycles. The van der Waals surface area contributed by atoms with Crippen LogP contribution in [0.5, 0.6) is 0 Å². The van der Waals surface area contributed by atoms with E-state index in [4.69, 9.17) is 0 Å². The number of hydrogen-bond donors (Lipinski definition) is 0.